The summed E-state index contributed by atoms with van der Waals surface area (Å²) >= 11 is 1.27. The van der Waals surface area contributed by atoms with E-state index in [9.17, 15) is 4.79 Å². The van der Waals surface area contributed by atoms with Crippen molar-refractivity contribution >= 4 is 29.0 Å². The zero-order valence-corrected chi connectivity index (χ0v) is 12.4. The lowest BCUT2D eigenvalue weighted by Gasteiger charge is -2.17. The van der Waals surface area contributed by atoms with E-state index < -0.39 is 5.97 Å². The molecular weight excluding hydrogens is 300 g/mol. The number of aliphatic imine (C=N–C) groups is 1. The summed E-state index contributed by atoms with van der Waals surface area (Å²) in [5.74, 6) is -0.177. The molecule has 6 nitrogen and oxygen atoms in total. The van der Waals surface area contributed by atoms with Gasteiger partial charge in [-0.1, -0.05) is 0 Å². The Bertz CT molecular complexity index is 810. The second kappa shape index (κ2) is 5.03. The monoisotopic (exact) mass is 312 g/mol. The maximum absolute atomic E-state index is 11.0. The standard InChI is InChI=1S/C15H12N4O2S/c20-14(21)12-3-2-11(22-12)13-10-8-19(7-9(10)6-18-13)15-16-4-1-5-17-15/h1-5H,6-8H2,(H,20,21). The second-order valence-corrected chi connectivity index (χ2v) is 6.20. The number of carbonyl (C=O) groups is 1. The SMILES string of the molecule is O=C(O)c1ccc(C2=NCC3=C2CN(c2ncccn2)C3)s1. The van der Waals surface area contributed by atoms with Crippen molar-refractivity contribution in [3.05, 3.63) is 51.5 Å². The Balaban J connectivity index is 1.59. The lowest BCUT2D eigenvalue weighted by molar-refractivity contribution is 0.0702. The summed E-state index contributed by atoms with van der Waals surface area (Å²) < 4.78 is 0. The Kier molecular flexibility index (Phi) is 3.00. The number of hydrogen-bond acceptors (Lipinski definition) is 6. The van der Waals surface area contributed by atoms with Gasteiger partial charge in [-0.25, -0.2) is 14.8 Å². The summed E-state index contributed by atoms with van der Waals surface area (Å²) in [7, 11) is 0. The third-order valence-corrected chi connectivity index (χ3v) is 4.84. The van der Waals surface area contributed by atoms with E-state index in [4.69, 9.17) is 5.11 Å². The molecule has 0 amide bonds. The molecule has 0 saturated heterocycles. The highest BCUT2D eigenvalue weighted by Gasteiger charge is 2.31. The maximum atomic E-state index is 11.0. The highest BCUT2D eigenvalue weighted by atomic mass is 32.1. The van der Waals surface area contributed by atoms with Gasteiger partial charge < -0.3 is 10.0 Å². The third-order valence-electron chi connectivity index (χ3n) is 3.76. The summed E-state index contributed by atoms with van der Waals surface area (Å²) in [5, 5.41) is 9.05. The van der Waals surface area contributed by atoms with Crippen LogP contribution in [0, 0.1) is 0 Å². The van der Waals surface area contributed by atoms with Crippen LogP contribution in [0.5, 0.6) is 0 Å². The lowest BCUT2D eigenvalue weighted by Crippen LogP contribution is -2.25. The summed E-state index contributed by atoms with van der Waals surface area (Å²) in [4.78, 5) is 27.6. The first kappa shape index (κ1) is 13.1. The quantitative estimate of drug-likeness (QED) is 0.936. The minimum absolute atomic E-state index is 0.341. The van der Waals surface area contributed by atoms with Gasteiger partial charge in [-0.2, -0.15) is 0 Å². The van der Waals surface area contributed by atoms with Crippen LogP contribution >= 0.6 is 11.3 Å². The first-order valence-corrected chi connectivity index (χ1v) is 7.65. The largest absolute Gasteiger partial charge is 0.477 e. The number of thiophene rings is 1. The molecule has 0 fully saturated rings. The van der Waals surface area contributed by atoms with Gasteiger partial charge in [0.25, 0.3) is 0 Å². The van der Waals surface area contributed by atoms with Gasteiger partial charge in [0.2, 0.25) is 5.95 Å². The van der Waals surface area contributed by atoms with Crippen molar-refractivity contribution in [2.75, 3.05) is 24.5 Å². The molecule has 22 heavy (non-hydrogen) atoms. The molecule has 110 valence electrons. The summed E-state index contributed by atoms with van der Waals surface area (Å²) in [6.45, 7) is 2.18. The van der Waals surface area contributed by atoms with Gasteiger partial charge >= 0.3 is 5.97 Å². The normalized spacial score (nSPS) is 16.9. The maximum Gasteiger partial charge on any atom is 0.345 e. The van der Waals surface area contributed by atoms with Crippen LogP contribution in [-0.2, 0) is 0 Å². The molecule has 0 atom stereocenters. The Hall–Kier alpha value is -2.54. The van der Waals surface area contributed by atoms with Gasteiger partial charge in [0, 0.05) is 31.1 Å². The van der Waals surface area contributed by atoms with Crippen molar-refractivity contribution in [1.82, 2.24) is 9.97 Å². The van der Waals surface area contributed by atoms with Gasteiger partial charge in [0.1, 0.15) is 4.88 Å². The average molecular weight is 312 g/mol. The van der Waals surface area contributed by atoms with Crippen LogP contribution in [0.15, 0.2) is 46.7 Å². The number of anilines is 1. The van der Waals surface area contributed by atoms with E-state index in [2.05, 4.69) is 19.9 Å². The van der Waals surface area contributed by atoms with E-state index in [-0.39, 0.29) is 0 Å². The number of nitrogens with zero attached hydrogens (tertiary/aromatic N) is 4. The molecule has 0 aromatic carbocycles. The molecule has 2 aliphatic rings. The Morgan fingerprint density at radius 3 is 2.77 bits per heavy atom. The lowest BCUT2D eigenvalue weighted by atomic mass is 10.1. The van der Waals surface area contributed by atoms with Gasteiger partial charge in [0.05, 0.1) is 17.1 Å². The van der Waals surface area contributed by atoms with Crippen LogP contribution in [0.2, 0.25) is 0 Å². The minimum atomic E-state index is -0.894. The van der Waals surface area contributed by atoms with Crippen LogP contribution in [0.3, 0.4) is 0 Å². The third kappa shape index (κ3) is 2.10. The topological polar surface area (TPSA) is 78.7 Å². The Morgan fingerprint density at radius 2 is 2.05 bits per heavy atom. The van der Waals surface area contributed by atoms with Crippen molar-refractivity contribution in [2.45, 2.75) is 0 Å². The van der Waals surface area contributed by atoms with Gasteiger partial charge in [-0.05, 0) is 23.8 Å². The molecule has 2 aromatic rings. The van der Waals surface area contributed by atoms with Crippen molar-refractivity contribution in [3.63, 3.8) is 0 Å². The molecule has 4 rings (SSSR count). The van der Waals surface area contributed by atoms with Crippen molar-refractivity contribution in [2.24, 2.45) is 4.99 Å². The van der Waals surface area contributed by atoms with Crippen LogP contribution < -0.4 is 4.90 Å². The predicted octanol–water partition coefficient (Wildman–Crippen LogP) is 1.86. The highest BCUT2D eigenvalue weighted by Crippen LogP contribution is 2.31. The minimum Gasteiger partial charge on any atom is -0.477 e. The van der Waals surface area contributed by atoms with E-state index in [0.29, 0.717) is 17.4 Å². The first-order valence-electron chi connectivity index (χ1n) is 6.83. The zero-order valence-electron chi connectivity index (χ0n) is 11.6. The first-order chi connectivity index (χ1) is 10.7. The molecule has 4 heterocycles. The molecule has 0 radical (unpaired) electrons. The van der Waals surface area contributed by atoms with E-state index in [1.54, 1.807) is 24.5 Å². The number of carboxylic acid groups (broad SMARTS) is 1. The summed E-state index contributed by atoms with van der Waals surface area (Å²) in [6, 6.07) is 5.27. The van der Waals surface area contributed by atoms with Crippen molar-refractivity contribution in [1.29, 1.82) is 0 Å². The number of carboxylic acids is 1. The van der Waals surface area contributed by atoms with Crippen LogP contribution in [-0.4, -0.2) is 46.4 Å². The van der Waals surface area contributed by atoms with E-state index >= 15 is 0 Å². The Morgan fingerprint density at radius 1 is 1.23 bits per heavy atom. The van der Waals surface area contributed by atoms with Crippen molar-refractivity contribution in [3.8, 4) is 0 Å². The Labute approximate surface area is 130 Å². The summed E-state index contributed by atoms with van der Waals surface area (Å²) in [6.07, 6.45) is 3.47. The van der Waals surface area contributed by atoms with E-state index in [1.165, 1.54) is 22.5 Å². The molecule has 1 N–H and O–H groups in total. The van der Waals surface area contributed by atoms with Crippen molar-refractivity contribution < 1.29 is 9.90 Å². The molecule has 0 spiro atoms. The predicted molar refractivity (Wildman–Crippen MR) is 84.0 cm³/mol. The molecule has 0 saturated carbocycles. The van der Waals surface area contributed by atoms with Gasteiger partial charge in [-0.15, -0.1) is 11.3 Å². The number of hydrogen-bond donors (Lipinski definition) is 1. The molecular formula is C15H12N4O2S. The summed E-state index contributed by atoms with van der Waals surface area (Å²) in [5.41, 5.74) is 3.38. The van der Waals surface area contributed by atoms with Crippen LogP contribution in [0.4, 0.5) is 5.95 Å². The number of aromatic nitrogens is 2. The van der Waals surface area contributed by atoms with Crippen LogP contribution in [0.1, 0.15) is 14.5 Å². The molecule has 7 heteroatoms. The zero-order chi connectivity index (χ0) is 15.1. The smallest absolute Gasteiger partial charge is 0.345 e. The average Bonchev–Trinajstić information content (AvgIpc) is 3.22. The van der Waals surface area contributed by atoms with Crippen LogP contribution in [0.25, 0.3) is 0 Å². The fourth-order valence-corrected chi connectivity index (χ4v) is 3.63. The second-order valence-electron chi connectivity index (χ2n) is 5.12. The van der Waals surface area contributed by atoms with Gasteiger partial charge in [0.15, 0.2) is 0 Å². The number of rotatable bonds is 3. The fraction of sp³-hybridized carbons (Fsp3) is 0.200. The molecule has 2 aliphatic heterocycles. The highest BCUT2D eigenvalue weighted by molar-refractivity contribution is 7.16. The molecule has 0 unspecified atom stereocenters. The molecule has 0 bridgehead atoms. The van der Waals surface area contributed by atoms with E-state index in [0.717, 1.165) is 23.7 Å². The van der Waals surface area contributed by atoms with E-state index in [1.807, 2.05) is 6.07 Å². The number of aromatic carboxylic acids is 1. The fourth-order valence-electron chi connectivity index (χ4n) is 2.74. The molecule has 2 aromatic heterocycles. The van der Waals surface area contributed by atoms with Gasteiger partial charge in [-0.3, -0.25) is 4.99 Å². The molecule has 0 aliphatic carbocycles.